The predicted molar refractivity (Wildman–Crippen MR) is 419 cm³/mol. The van der Waals surface area contributed by atoms with Crippen molar-refractivity contribution in [3.63, 3.8) is 0 Å². The molecule has 0 amide bonds. The molecule has 5 fully saturated rings. The summed E-state index contributed by atoms with van der Waals surface area (Å²) in [5.74, 6) is -1.10. The van der Waals surface area contributed by atoms with Crippen molar-refractivity contribution in [2.45, 2.75) is 262 Å². The van der Waals surface area contributed by atoms with Crippen molar-refractivity contribution in [3.05, 3.63) is 144 Å². The first-order chi connectivity index (χ1) is 55.1. The molecule has 0 aromatic heterocycles. The molecule has 0 saturated carbocycles. The van der Waals surface area contributed by atoms with Crippen LogP contribution in [0.5, 0.6) is 0 Å². The van der Waals surface area contributed by atoms with Gasteiger partial charge in [0, 0.05) is 71.7 Å². The lowest BCUT2D eigenvalue weighted by atomic mass is 9.81. The molecule has 25 unspecified atom stereocenters. The van der Waals surface area contributed by atoms with Gasteiger partial charge in [0.05, 0.1) is 95.1 Å². The number of aliphatic hydroxyl groups excluding tert-OH is 4. The SMILES string of the molecule is CC(=O)OC1OC(COCc2ccccc2)C(C)C(C)C1OCc1ccccc1.CC(=O)OCC1OC(C)C(OC(C)=O)C(C)C1C.CC(=O)OCC1OC(OC(C)=O)C(OC(C)=O)C(C)C1C.CC1OC(CO)C(O)C(O)C1O.CC1OC(COCc2ccccc2)C(C)C(C)C1OCc1ccccc1.C[B]F.C[B]F.FF.FF. The summed E-state index contributed by atoms with van der Waals surface area (Å²) in [7, 11) is 1.00. The van der Waals surface area contributed by atoms with Gasteiger partial charge in [0.1, 0.15) is 49.8 Å². The fourth-order valence-corrected chi connectivity index (χ4v) is 13.1. The summed E-state index contributed by atoms with van der Waals surface area (Å²) in [5.41, 5.74) is 4.58. The first-order valence-electron chi connectivity index (χ1n) is 38.6. The molecule has 5 heterocycles. The molecule has 0 spiro atoms. The summed E-state index contributed by atoms with van der Waals surface area (Å²) in [6.07, 6.45) is -8.60. The van der Waals surface area contributed by atoms with E-state index in [2.05, 4.69) is 58.9 Å². The van der Waals surface area contributed by atoms with Crippen molar-refractivity contribution in [3.8, 4) is 0 Å². The van der Waals surface area contributed by atoms with E-state index in [9.17, 15) is 52.7 Å². The van der Waals surface area contributed by atoms with Gasteiger partial charge in [0.15, 0.2) is 6.10 Å². The molecule has 9 rings (SSSR count). The van der Waals surface area contributed by atoms with E-state index in [0.29, 0.717) is 66.6 Å². The summed E-state index contributed by atoms with van der Waals surface area (Å²) in [6.45, 7) is 36.0. The van der Waals surface area contributed by atoms with E-state index in [1.54, 1.807) is 6.92 Å². The minimum Gasteiger partial charge on any atom is -0.463 e. The van der Waals surface area contributed by atoms with Crippen LogP contribution in [0.4, 0.5) is 26.9 Å². The first kappa shape index (κ1) is 107. The molecular weight excluding hydrogens is 1530 g/mol. The molecule has 25 nitrogen and oxygen atoms in total. The number of benzene rings is 4. The van der Waals surface area contributed by atoms with Crippen molar-refractivity contribution in [1.82, 2.24) is 0 Å². The van der Waals surface area contributed by atoms with Gasteiger partial charge in [0.25, 0.3) is 0 Å². The predicted octanol–water partition coefficient (Wildman–Crippen LogP) is 12.6. The lowest BCUT2D eigenvalue weighted by Gasteiger charge is -2.43. The average Bonchev–Trinajstić information content (AvgIpc) is 0.835. The van der Waals surface area contributed by atoms with Crippen molar-refractivity contribution in [1.29, 1.82) is 0 Å². The minimum atomic E-state index is -1.24. The van der Waals surface area contributed by atoms with Crippen LogP contribution in [0.1, 0.15) is 140 Å². The number of carbonyl (C=O) groups excluding carboxylic acids is 6. The zero-order chi connectivity index (χ0) is 87.7. The molecule has 4 aromatic rings. The van der Waals surface area contributed by atoms with Gasteiger partial charge in [-0.25, -0.2) is 0 Å². The highest BCUT2D eigenvalue weighted by Crippen LogP contribution is 2.38. The van der Waals surface area contributed by atoms with Crippen LogP contribution in [-0.2, 0) is 126 Å². The molecule has 654 valence electrons. The zero-order valence-electron chi connectivity index (χ0n) is 70.1. The van der Waals surface area contributed by atoms with E-state index >= 15 is 0 Å². The van der Waals surface area contributed by atoms with E-state index in [4.69, 9.17) is 94.5 Å². The normalized spacial score (nSPS) is 30.0. The number of aliphatic hydroxyl groups is 4. The average molecular weight is 1660 g/mol. The molecule has 0 aliphatic carbocycles. The fourth-order valence-electron chi connectivity index (χ4n) is 13.1. The Morgan fingerprint density at radius 1 is 0.336 bits per heavy atom. The van der Waals surface area contributed by atoms with Gasteiger partial charge < -0.3 is 100 Å². The van der Waals surface area contributed by atoms with Crippen LogP contribution in [0.2, 0.25) is 13.6 Å². The van der Waals surface area contributed by atoms with Gasteiger partial charge in [-0.15, -0.1) is 0 Å². The number of hydrogen-bond donors (Lipinski definition) is 4. The Morgan fingerprint density at radius 3 is 0.966 bits per heavy atom. The van der Waals surface area contributed by atoms with E-state index < -0.39 is 73.2 Å². The van der Waals surface area contributed by atoms with Gasteiger partial charge >= 0.3 is 50.9 Å². The molecular formula is C83H124B2F6O25. The Bertz CT molecular complexity index is 3260. The largest absolute Gasteiger partial charge is 0.463 e. The van der Waals surface area contributed by atoms with Crippen LogP contribution in [0.25, 0.3) is 0 Å². The number of rotatable bonds is 23. The first-order valence-corrected chi connectivity index (χ1v) is 38.6. The lowest BCUT2D eigenvalue weighted by molar-refractivity contribution is -0.279. The van der Waals surface area contributed by atoms with Crippen LogP contribution in [0.15, 0.2) is 121 Å². The van der Waals surface area contributed by atoms with Crippen LogP contribution in [-0.4, -0.2) is 209 Å². The van der Waals surface area contributed by atoms with Crippen LogP contribution >= 0.6 is 0 Å². The highest BCUT2D eigenvalue weighted by Gasteiger charge is 2.48. The molecule has 0 bridgehead atoms. The van der Waals surface area contributed by atoms with Gasteiger partial charge in [-0.3, -0.25) is 28.8 Å². The molecule has 5 aliphatic rings. The Hall–Kier alpha value is -7.11. The van der Waals surface area contributed by atoms with Crippen molar-refractivity contribution in [2.75, 3.05) is 33.0 Å². The summed E-state index contributed by atoms with van der Waals surface area (Å²) in [5, 5.41) is 36.4. The topological polar surface area (TPSA) is 322 Å². The summed E-state index contributed by atoms with van der Waals surface area (Å²) >= 11 is 0. The van der Waals surface area contributed by atoms with Gasteiger partial charge in [-0.2, -0.15) is 0 Å². The second-order valence-electron chi connectivity index (χ2n) is 28.7. The maximum Gasteiger partial charge on any atom is 0.351 e. The molecule has 5 saturated heterocycles. The molecule has 4 aromatic carbocycles. The second-order valence-corrected chi connectivity index (χ2v) is 28.7. The highest BCUT2D eigenvalue weighted by molar-refractivity contribution is 6.23. The van der Waals surface area contributed by atoms with Crippen LogP contribution in [0, 0.1) is 47.3 Å². The lowest BCUT2D eigenvalue weighted by Crippen LogP contribution is -2.57. The number of hydrogen-bond acceptors (Lipinski definition) is 25. The Morgan fingerprint density at radius 2 is 0.612 bits per heavy atom. The number of ether oxygens (including phenoxy) is 15. The van der Waals surface area contributed by atoms with Gasteiger partial charge in [-0.1, -0.05) is 190 Å². The third kappa shape index (κ3) is 39.2. The summed E-state index contributed by atoms with van der Waals surface area (Å²) in [4.78, 5) is 66.8. The number of esters is 6. The molecule has 2 radical (unpaired) electrons. The zero-order valence-corrected chi connectivity index (χ0v) is 70.1. The summed E-state index contributed by atoms with van der Waals surface area (Å²) in [6, 6.07) is 40.6. The second kappa shape index (κ2) is 59.5. The van der Waals surface area contributed by atoms with E-state index in [1.165, 1.54) is 66.3 Å². The van der Waals surface area contributed by atoms with Crippen molar-refractivity contribution >= 4 is 50.9 Å². The van der Waals surface area contributed by atoms with Crippen LogP contribution < -0.4 is 0 Å². The van der Waals surface area contributed by atoms with Crippen molar-refractivity contribution in [2.24, 2.45) is 47.3 Å². The Labute approximate surface area is 681 Å². The standard InChI is InChI=1S/C24H30O5.C23H30O3.C14H22O7.C13H22O5.C7H14O5.2CH3BF.2F2/c1-17-18(2)23(27-15-21-12-8-5-9-13-21)24(28-19(3)25)29-22(17)16-26-14-20-10-6-4-7-11-20;1-17-18(2)23(25-15-21-12-8-5-9-13-21)19(3)26-22(17)16-24-14-20-10-6-4-7-11-20;1-7-8(2)13(19-10(4)16)14(20-11(5)17)21-12(7)6-18-9(3)15;1-7-8(2)13(18-11(5)15)9(3)17-12(7)6-16-10(4)14;1-3-5(9)7(11)6(10)4(2-8)12-3;2*1-2-3;2*1-2/h4-13,17-18,22-24H,14-16H2,1-3H3;4-13,17-19,22-23H,14-16H2,1-3H3;7-8,12-14H,6H2,1-5H3;7-9,12-13H,6H2,1-5H3;3-11H,2H2,1H3;2*1H3;;. The fraction of sp³-hybridized carbons (Fsp3) is 0.639. The molecule has 5 aliphatic heterocycles. The molecule has 33 heteroatoms. The van der Waals surface area contributed by atoms with Crippen molar-refractivity contribution < 1.29 is 147 Å². The summed E-state index contributed by atoms with van der Waals surface area (Å²) < 4.78 is 136. The van der Waals surface area contributed by atoms with E-state index in [-0.39, 0.29) is 122 Å². The molecule has 4 N–H and O–H groups in total. The van der Waals surface area contributed by atoms with E-state index in [0.717, 1.165) is 11.1 Å². The quantitative estimate of drug-likeness (QED) is 0.0232. The molecule has 25 atom stereocenters. The molecule has 116 heavy (non-hydrogen) atoms. The number of carbonyl (C=O) groups is 6. The van der Waals surface area contributed by atoms with Gasteiger partial charge in [0.2, 0.25) is 12.6 Å². The minimum absolute atomic E-state index is 0.0412. The Kier molecular flexibility index (Phi) is 54.9. The maximum atomic E-state index is 11.6. The third-order valence-corrected chi connectivity index (χ3v) is 20.2. The third-order valence-electron chi connectivity index (χ3n) is 20.2. The van der Waals surface area contributed by atoms with E-state index in [1.807, 2.05) is 132 Å². The Balaban J connectivity index is 0.000000719. The monoisotopic (exact) mass is 1660 g/mol. The number of halogens is 6. The van der Waals surface area contributed by atoms with Crippen LogP contribution in [0.3, 0.4) is 0 Å². The maximum absolute atomic E-state index is 11.6. The highest BCUT2D eigenvalue weighted by atomic mass is 20.0. The smallest absolute Gasteiger partial charge is 0.351 e. The van der Waals surface area contributed by atoms with Gasteiger partial charge in [-0.05, 0) is 78.5 Å².